The molecular weight excluding hydrogens is 396 g/mol. The van der Waals surface area contributed by atoms with Gasteiger partial charge in [-0.1, -0.05) is 18.2 Å². The summed E-state index contributed by atoms with van der Waals surface area (Å²) in [4.78, 5) is 26.3. The number of anilines is 2. The highest BCUT2D eigenvalue weighted by Crippen LogP contribution is 2.31. The Hall–Kier alpha value is -3.67. The number of methoxy groups -OCH3 is 1. The Balaban J connectivity index is 1.99. The second-order valence-electron chi connectivity index (χ2n) is 6.08. The van der Waals surface area contributed by atoms with E-state index in [1.54, 1.807) is 24.3 Å². The number of rotatable bonds is 10. The number of alkyl halides is 2. The Morgan fingerprint density at radius 1 is 1.13 bits per heavy atom. The van der Waals surface area contributed by atoms with E-state index in [2.05, 4.69) is 10.1 Å². The average Bonchev–Trinajstić information content (AvgIpc) is 2.73. The van der Waals surface area contributed by atoms with Crippen LogP contribution < -0.4 is 19.7 Å². The molecule has 0 bridgehead atoms. The number of amides is 2. The van der Waals surface area contributed by atoms with Crippen LogP contribution in [-0.4, -0.2) is 32.1 Å². The molecule has 1 N–H and O–H groups in total. The van der Waals surface area contributed by atoms with Crippen LogP contribution in [-0.2, 0) is 9.59 Å². The maximum absolute atomic E-state index is 12.6. The standard InChI is InChI=1S/C21H21F2N3O4/c1-29-17-9-8-15(14-18(17)30-21(22)23)25-19(27)10-11-20(28)26(13-5-12-24)16-6-3-2-4-7-16/h2-4,6-9,14,21H,5,10-11,13H2,1H3,(H,25,27). The first kappa shape index (κ1) is 22.6. The Morgan fingerprint density at radius 2 is 1.87 bits per heavy atom. The molecule has 0 radical (unpaired) electrons. The minimum absolute atomic E-state index is 0.0807. The van der Waals surface area contributed by atoms with Crippen LogP contribution in [0.15, 0.2) is 48.5 Å². The van der Waals surface area contributed by atoms with E-state index in [0.717, 1.165) is 0 Å². The van der Waals surface area contributed by atoms with E-state index in [-0.39, 0.29) is 48.9 Å². The van der Waals surface area contributed by atoms with Gasteiger partial charge in [-0.15, -0.1) is 0 Å². The zero-order chi connectivity index (χ0) is 21.9. The van der Waals surface area contributed by atoms with E-state index in [1.807, 2.05) is 12.1 Å². The molecule has 0 saturated heterocycles. The van der Waals surface area contributed by atoms with Gasteiger partial charge in [-0.25, -0.2) is 0 Å². The van der Waals surface area contributed by atoms with Crippen molar-refractivity contribution in [3.05, 3.63) is 48.5 Å². The lowest BCUT2D eigenvalue weighted by Gasteiger charge is -2.21. The fraction of sp³-hybridized carbons (Fsp3) is 0.286. The molecule has 0 aliphatic rings. The zero-order valence-electron chi connectivity index (χ0n) is 16.3. The molecule has 0 atom stereocenters. The summed E-state index contributed by atoms with van der Waals surface area (Å²) in [7, 11) is 1.31. The lowest BCUT2D eigenvalue weighted by Crippen LogP contribution is -2.32. The summed E-state index contributed by atoms with van der Waals surface area (Å²) in [6.45, 7) is -2.83. The number of para-hydroxylation sites is 1. The molecule has 2 rings (SSSR count). The quantitative estimate of drug-likeness (QED) is 0.632. The van der Waals surface area contributed by atoms with Crippen LogP contribution in [0.4, 0.5) is 20.2 Å². The molecule has 2 aromatic carbocycles. The number of nitriles is 1. The maximum Gasteiger partial charge on any atom is 0.387 e. The number of carbonyl (C=O) groups excluding carboxylic acids is 2. The third kappa shape index (κ3) is 6.74. The van der Waals surface area contributed by atoms with E-state index < -0.39 is 12.5 Å². The molecule has 0 saturated carbocycles. The highest BCUT2D eigenvalue weighted by molar-refractivity contribution is 5.98. The van der Waals surface area contributed by atoms with Gasteiger partial charge in [-0.3, -0.25) is 9.59 Å². The lowest BCUT2D eigenvalue weighted by atomic mass is 10.2. The first-order chi connectivity index (χ1) is 14.4. The van der Waals surface area contributed by atoms with Crippen LogP contribution >= 0.6 is 0 Å². The van der Waals surface area contributed by atoms with Crippen molar-refractivity contribution in [2.24, 2.45) is 0 Å². The first-order valence-corrected chi connectivity index (χ1v) is 9.09. The van der Waals surface area contributed by atoms with Crippen molar-refractivity contribution < 1.29 is 27.8 Å². The van der Waals surface area contributed by atoms with Gasteiger partial charge in [0, 0.05) is 36.8 Å². The molecule has 0 fully saturated rings. The van der Waals surface area contributed by atoms with Crippen LogP contribution in [0.2, 0.25) is 0 Å². The number of benzene rings is 2. The molecule has 7 nitrogen and oxygen atoms in total. The van der Waals surface area contributed by atoms with E-state index in [1.165, 1.54) is 30.2 Å². The topological polar surface area (TPSA) is 91.7 Å². The van der Waals surface area contributed by atoms with E-state index in [4.69, 9.17) is 10.00 Å². The fourth-order valence-electron chi connectivity index (χ4n) is 2.69. The molecule has 0 aromatic heterocycles. The molecule has 2 aromatic rings. The van der Waals surface area contributed by atoms with Crippen molar-refractivity contribution in [2.45, 2.75) is 25.9 Å². The van der Waals surface area contributed by atoms with Gasteiger partial charge in [0.25, 0.3) is 0 Å². The van der Waals surface area contributed by atoms with E-state index in [0.29, 0.717) is 5.69 Å². The molecule has 0 spiro atoms. The molecule has 2 amide bonds. The summed E-state index contributed by atoms with van der Waals surface area (Å²) >= 11 is 0. The smallest absolute Gasteiger partial charge is 0.387 e. The van der Waals surface area contributed by atoms with Crippen molar-refractivity contribution >= 4 is 23.2 Å². The third-order valence-corrected chi connectivity index (χ3v) is 4.05. The lowest BCUT2D eigenvalue weighted by molar-refractivity contribution is -0.122. The second kappa shape index (κ2) is 11.4. The van der Waals surface area contributed by atoms with Crippen LogP contribution in [0.5, 0.6) is 11.5 Å². The number of ether oxygens (including phenoxy) is 2. The summed E-state index contributed by atoms with van der Waals surface area (Å²) in [6.07, 6.45) is -0.0416. The van der Waals surface area contributed by atoms with Gasteiger partial charge >= 0.3 is 6.61 Å². The summed E-state index contributed by atoms with van der Waals surface area (Å²) < 4.78 is 34.4. The van der Waals surface area contributed by atoms with Crippen LogP contribution in [0.1, 0.15) is 19.3 Å². The molecule has 0 heterocycles. The number of nitrogens with one attached hydrogen (secondary N) is 1. The van der Waals surface area contributed by atoms with Crippen molar-refractivity contribution in [3.8, 4) is 17.6 Å². The normalized spacial score (nSPS) is 10.2. The summed E-state index contributed by atoms with van der Waals surface area (Å²) in [5.41, 5.74) is 0.871. The number of hydrogen-bond acceptors (Lipinski definition) is 5. The third-order valence-electron chi connectivity index (χ3n) is 4.05. The number of nitrogens with zero attached hydrogens (tertiary/aromatic N) is 2. The van der Waals surface area contributed by atoms with Gasteiger partial charge in [-0.05, 0) is 24.3 Å². The maximum atomic E-state index is 12.6. The van der Waals surface area contributed by atoms with Gasteiger partial charge in [0.15, 0.2) is 11.5 Å². The predicted molar refractivity (Wildman–Crippen MR) is 107 cm³/mol. The SMILES string of the molecule is COc1ccc(NC(=O)CCC(=O)N(CCC#N)c2ccccc2)cc1OC(F)F. The zero-order valence-corrected chi connectivity index (χ0v) is 16.3. The number of hydrogen-bond donors (Lipinski definition) is 1. The van der Waals surface area contributed by atoms with Crippen LogP contribution in [0.3, 0.4) is 0 Å². The Bertz CT molecular complexity index is 901. The van der Waals surface area contributed by atoms with Crippen molar-refractivity contribution in [1.82, 2.24) is 0 Å². The summed E-state index contributed by atoms with van der Waals surface area (Å²) in [6, 6.07) is 14.9. The Morgan fingerprint density at radius 3 is 2.50 bits per heavy atom. The Labute approximate surface area is 172 Å². The highest BCUT2D eigenvalue weighted by atomic mass is 19.3. The highest BCUT2D eigenvalue weighted by Gasteiger charge is 2.17. The minimum Gasteiger partial charge on any atom is -0.493 e. The largest absolute Gasteiger partial charge is 0.493 e. The summed E-state index contributed by atoms with van der Waals surface area (Å²) in [5, 5.41) is 11.4. The van der Waals surface area contributed by atoms with Gasteiger partial charge in [0.1, 0.15) is 0 Å². The molecule has 0 aliphatic carbocycles. The second-order valence-corrected chi connectivity index (χ2v) is 6.08. The monoisotopic (exact) mass is 417 g/mol. The molecule has 0 aliphatic heterocycles. The van der Waals surface area contributed by atoms with E-state index >= 15 is 0 Å². The average molecular weight is 417 g/mol. The van der Waals surface area contributed by atoms with Crippen molar-refractivity contribution in [1.29, 1.82) is 5.26 Å². The predicted octanol–water partition coefficient (Wildman–Crippen LogP) is 3.96. The molecule has 158 valence electrons. The number of halogens is 2. The number of carbonyl (C=O) groups is 2. The fourth-order valence-corrected chi connectivity index (χ4v) is 2.69. The van der Waals surface area contributed by atoms with E-state index in [9.17, 15) is 18.4 Å². The van der Waals surface area contributed by atoms with Crippen molar-refractivity contribution in [2.75, 3.05) is 23.9 Å². The van der Waals surface area contributed by atoms with Gasteiger partial charge < -0.3 is 19.7 Å². The molecule has 30 heavy (non-hydrogen) atoms. The minimum atomic E-state index is -3.04. The first-order valence-electron chi connectivity index (χ1n) is 9.09. The molecule has 0 unspecified atom stereocenters. The molecule has 9 heteroatoms. The van der Waals surface area contributed by atoms with Gasteiger partial charge in [0.2, 0.25) is 11.8 Å². The summed E-state index contributed by atoms with van der Waals surface area (Å²) in [5.74, 6) is -0.888. The van der Waals surface area contributed by atoms with Gasteiger partial charge in [0.05, 0.1) is 19.6 Å². The van der Waals surface area contributed by atoms with Crippen LogP contribution in [0, 0.1) is 11.3 Å². The van der Waals surface area contributed by atoms with Crippen LogP contribution in [0.25, 0.3) is 0 Å². The van der Waals surface area contributed by atoms with Crippen molar-refractivity contribution in [3.63, 3.8) is 0 Å². The Kier molecular flexibility index (Phi) is 8.56. The molecular formula is C21H21F2N3O4. The van der Waals surface area contributed by atoms with Gasteiger partial charge in [-0.2, -0.15) is 14.0 Å².